The number of anilines is 1. The van der Waals surface area contributed by atoms with E-state index in [2.05, 4.69) is 19.8 Å². The second kappa shape index (κ2) is 6.88. The molecule has 7 nitrogen and oxygen atoms in total. The molecule has 0 aliphatic carbocycles. The number of hydrogen-bond donors (Lipinski definition) is 0. The van der Waals surface area contributed by atoms with E-state index < -0.39 is 0 Å². The van der Waals surface area contributed by atoms with Gasteiger partial charge in [0, 0.05) is 57.7 Å². The lowest BCUT2D eigenvalue weighted by Gasteiger charge is -2.37. The van der Waals surface area contributed by atoms with Crippen molar-refractivity contribution in [2.24, 2.45) is 5.41 Å². The first kappa shape index (κ1) is 16.7. The number of likely N-dealkylation sites (tertiary alicyclic amines) is 2. The number of hydrogen-bond acceptors (Lipinski definition) is 6. The fourth-order valence-electron chi connectivity index (χ4n) is 4.35. The lowest BCUT2D eigenvalue weighted by Crippen LogP contribution is -2.48. The minimum atomic E-state index is -0.151. The van der Waals surface area contributed by atoms with E-state index in [-0.39, 0.29) is 5.41 Å². The number of carbonyl (C=O) groups excluding carboxylic acids is 1. The van der Waals surface area contributed by atoms with Crippen molar-refractivity contribution in [3.05, 3.63) is 18.0 Å². The number of nitrogens with zero attached hydrogens (tertiary/aromatic N) is 5. The van der Waals surface area contributed by atoms with Crippen molar-refractivity contribution < 1.29 is 9.53 Å². The van der Waals surface area contributed by atoms with Gasteiger partial charge in [-0.05, 0) is 25.8 Å². The molecule has 0 aromatic carbocycles. The Hall–Kier alpha value is -1.73. The molecule has 1 aromatic rings. The fraction of sp³-hybridized carbons (Fsp3) is 0.722. The third-order valence-electron chi connectivity index (χ3n) is 5.77. The molecule has 1 spiro atoms. The number of carbonyl (C=O) groups is 1. The number of amides is 1. The smallest absolute Gasteiger partial charge is 0.229 e. The highest BCUT2D eigenvalue weighted by molar-refractivity contribution is 5.83. The molecule has 4 rings (SSSR count). The van der Waals surface area contributed by atoms with Gasteiger partial charge in [0.25, 0.3) is 0 Å². The fourth-order valence-corrected chi connectivity index (χ4v) is 4.35. The van der Waals surface area contributed by atoms with Crippen LogP contribution in [-0.4, -0.2) is 78.7 Å². The summed E-state index contributed by atoms with van der Waals surface area (Å²) in [7, 11) is 1.93. The number of aromatic nitrogens is 2. The summed E-state index contributed by atoms with van der Waals surface area (Å²) in [4.78, 5) is 28.1. The maximum absolute atomic E-state index is 12.6. The first-order valence-electron chi connectivity index (χ1n) is 9.28. The molecule has 3 saturated heterocycles. The van der Waals surface area contributed by atoms with Gasteiger partial charge >= 0.3 is 0 Å². The van der Waals surface area contributed by atoms with Gasteiger partial charge in [0.15, 0.2) is 0 Å². The molecule has 3 aliphatic heterocycles. The zero-order chi connectivity index (χ0) is 17.3. The monoisotopic (exact) mass is 345 g/mol. The summed E-state index contributed by atoms with van der Waals surface area (Å²) in [6.07, 6.45) is 6.98. The van der Waals surface area contributed by atoms with Gasteiger partial charge < -0.3 is 14.5 Å². The van der Waals surface area contributed by atoms with Crippen molar-refractivity contribution in [1.29, 1.82) is 0 Å². The second-order valence-electron chi connectivity index (χ2n) is 7.56. The zero-order valence-electron chi connectivity index (χ0n) is 15.0. The van der Waals surface area contributed by atoms with Gasteiger partial charge in [0.1, 0.15) is 0 Å². The van der Waals surface area contributed by atoms with Crippen molar-refractivity contribution in [1.82, 2.24) is 19.8 Å². The van der Waals surface area contributed by atoms with Gasteiger partial charge in [-0.1, -0.05) is 0 Å². The third kappa shape index (κ3) is 3.35. The van der Waals surface area contributed by atoms with Crippen molar-refractivity contribution >= 4 is 11.9 Å². The Bertz CT molecular complexity index is 616. The SMILES string of the molecule is CN1CCC[C@]2(CCN(Cc3cnc(N4CCOCC4)nc3)C2)C1=O. The highest BCUT2D eigenvalue weighted by atomic mass is 16.5. The predicted molar refractivity (Wildman–Crippen MR) is 94.3 cm³/mol. The van der Waals surface area contributed by atoms with Crippen molar-refractivity contribution in [2.45, 2.75) is 25.8 Å². The van der Waals surface area contributed by atoms with E-state index in [1.54, 1.807) is 0 Å². The molecular formula is C18H27N5O2. The van der Waals surface area contributed by atoms with Crippen LogP contribution in [0.25, 0.3) is 0 Å². The largest absolute Gasteiger partial charge is 0.378 e. The molecule has 25 heavy (non-hydrogen) atoms. The third-order valence-corrected chi connectivity index (χ3v) is 5.77. The lowest BCUT2D eigenvalue weighted by molar-refractivity contribution is -0.143. The van der Waals surface area contributed by atoms with E-state index in [0.717, 1.165) is 83.3 Å². The van der Waals surface area contributed by atoms with Crippen LogP contribution in [0, 0.1) is 5.41 Å². The van der Waals surface area contributed by atoms with Gasteiger partial charge in [-0.15, -0.1) is 0 Å². The summed E-state index contributed by atoms with van der Waals surface area (Å²) >= 11 is 0. The van der Waals surface area contributed by atoms with E-state index in [1.165, 1.54) is 0 Å². The summed E-state index contributed by atoms with van der Waals surface area (Å²) < 4.78 is 5.37. The number of ether oxygens (including phenoxy) is 1. The van der Waals surface area contributed by atoms with E-state index in [4.69, 9.17) is 4.74 Å². The second-order valence-corrected chi connectivity index (χ2v) is 7.56. The van der Waals surface area contributed by atoms with Crippen molar-refractivity contribution in [3.8, 4) is 0 Å². The van der Waals surface area contributed by atoms with E-state index in [1.807, 2.05) is 24.3 Å². The van der Waals surface area contributed by atoms with Crippen molar-refractivity contribution in [2.75, 3.05) is 57.9 Å². The average molecular weight is 345 g/mol. The highest BCUT2D eigenvalue weighted by Gasteiger charge is 2.47. The molecule has 7 heteroatoms. The quantitative estimate of drug-likeness (QED) is 0.806. The highest BCUT2D eigenvalue weighted by Crippen LogP contribution is 2.40. The Labute approximate surface area is 149 Å². The first-order valence-corrected chi connectivity index (χ1v) is 9.28. The molecule has 0 saturated carbocycles. The van der Waals surface area contributed by atoms with Crippen LogP contribution in [0.1, 0.15) is 24.8 Å². The van der Waals surface area contributed by atoms with E-state index >= 15 is 0 Å². The van der Waals surface area contributed by atoms with E-state index in [0.29, 0.717) is 5.91 Å². The topological polar surface area (TPSA) is 61.8 Å². The minimum Gasteiger partial charge on any atom is -0.378 e. The molecule has 0 bridgehead atoms. The van der Waals surface area contributed by atoms with E-state index in [9.17, 15) is 4.79 Å². The normalized spacial score (nSPS) is 28.1. The van der Waals surface area contributed by atoms with Gasteiger partial charge in [-0.2, -0.15) is 0 Å². The van der Waals surface area contributed by atoms with Crippen LogP contribution in [0.5, 0.6) is 0 Å². The minimum absolute atomic E-state index is 0.151. The van der Waals surface area contributed by atoms with Crippen LogP contribution in [0.15, 0.2) is 12.4 Å². The summed E-state index contributed by atoms with van der Waals surface area (Å²) in [5.74, 6) is 1.12. The van der Waals surface area contributed by atoms with Gasteiger partial charge in [0.05, 0.1) is 18.6 Å². The average Bonchev–Trinajstić information content (AvgIpc) is 3.05. The predicted octanol–water partition coefficient (Wildman–Crippen LogP) is 0.758. The maximum atomic E-state index is 12.6. The Morgan fingerprint density at radius 2 is 1.88 bits per heavy atom. The molecule has 0 radical (unpaired) electrons. The standard InChI is InChI=1S/C18H27N5O2/c1-21-5-2-3-18(16(21)24)4-6-22(14-18)13-15-11-19-17(20-12-15)23-7-9-25-10-8-23/h11-12H,2-10,13-14H2,1H3/t18-/m1/s1. The molecule has 0 unspecified atom stereocenters. The Morgan fingerprint density at radius 1 is 1.12 bits per heavy atom. The summed E-state index contributed by atoms with van der Waals surface area (Å²) in [6, 6.07) is 0. The van der Waals surface area contributed by atoms with Crippen LogP contribution in [0.3, 0.4) is 0 Å². The maximum Gasteiger partial charge on any atom is 0.229 e. The summed E-state index contributed by atoms with van der Waals surface area (Å²) in [5, 5.41) is 0. The Balaban J connectivity index is 1.37. The molecule has 1 aromatic heterocycles. The molecule has 3 fully saturated rings. The molecular weight excluding hydrogens is 318 g/mol. The molecule has 0 N–H and O–H groups in total. The van der Waals surface area contributed by atoms with Gasteiger partial charge in [0.2, 0.25) is 11.9 Å². The van der Waals surface area contributed by atoms with Crippen LogP contribution < -0.4 is 4.90 Å². The lowest BCUT2D eigenvalue weighted by atomic mass is 9.78. The van der Waals surface area contributed by atoms with Crippen LogP contribution in [-0.2, 0) is 16.1 Å². The molecule has 136 valence electrons. The molecule has 1 atom stereocenters. The molecule has 4 heterocycles. The van der Waals surface area contributed by atoms with Crippen LogP contribution in [0.4, 0.5) is 5.95 Å². The Morgan fingerprint density at radius 3 is 2.64 bits per heavy atom. The molecule has 1 amide bonds. The number of piperidine rings is 1. The number of morpholine rings is 1. The zero-order valence-corrected chi connectivity index (χ0v) is 15.0. The van der Waals surface area contributed by atoms with Gasteiger partial charge in [-0.3, -0.25) is 9.69 Å². The Kier molecular flexibility index (Phi) is 4.60. The van der Waals surface area contributed by atoms with Crippen LogP contribution >= 0.6 is 0 Å². The number of rotatable bonds is 3. The van der Waals surface area contributed by atoms with Crippen LogP contribution in [0.2, 0.25) is 0 Å². The summed E-state index contributed by atoms with van der Waals surface area (Å²) in [6.45, 7) is 6.74. The van der Waals surface area contributed by atoms with Crippen molar-refractivity contribution in [3.63, 3.8) is 0 Å². The van der Waals surface area contributed by atoms with Gasteiger partial charge in [-0.25, -0.2) is 9.97 Å². The molecule has 3 aliphatic rings. The summed E-state index contributed by atoms with van der Waals surface area (Å²) in [5.41, 5.74) is 0.965. The first-order chi connectivity index (χ1) is 12.2.